The molecule has 0 saturated carbocycles. The van der Waals surface area contributed by atoms with E-state index in [2.05, 4.69) is 10.3 Å². The molecule has 0 saturated heterocycles. The fourth-order valence-electron chi connectivity index (χ4n) is 1.10. The molecule has 92 valence electrons. The van der Waals surface area contributed by atoms with Crippen LogP contribution in [0.25, 0.3) is 0 Å². The van der Waals surface area contributed by atoms with E-state index in [0.717, 1.165) is 0 Å². The summed E-state index contributed by atoms with van der Waals surface area (Å²) in [6, 6.07) is 0. The first-order chi connectivity index (χ1) is 7.31. The van der Waals surface area contributed by atoms with Gasteiger partial charge in [0, 0.05) is 13.3 Å². The zero-order valence-corrected chi connectivity index (χ0v) is 8.88. The van der Waals surface area contributed by atoms with Crippen molar-refractivity contribution in [3.05, 3.63) is 0 Å². The largest absolute Gasteiger partial charge is 0.481 e. The first-order valence-electron chi connectivity index (χ1n) is 4.57. The SMILES string of the molecule is CC(=O)NC(CC(O)CC(=O)O)N=C(N)N. The maximum Gasteiger partial charge on any atom is 0.305 e. The average Bonchev–Trinajstić information content (AvgIpc) is 1.97. The first-order valence-corrected chi connectivity index (χ1v) is 4.57. The Hall–Kier alpha value is -1.83. The van der Waals surface area contributed by atoms with Crippen LogP contribution >= 0.6 is 0 Å². The number of carboxylic acid groups (broad SMARTS) is 1. The number of rotatable bonds is 6. The van der Waals surface area contributed by atoms with E-state index in [9.17, 15) is 14.7 Å². The van der Waals surface area contributed by atoms with E-state index in [-0.39, 0.29) is 18.3 Å². The minimum Gasteiger partial charge on any atom is -0.481 e. The number of aliphatic carboxylic acids is 1. The number of carboxylic acids is 1. The Morgan fingerprint density at radius 3 is 2.38 bits per heavy atom. The summed E-state index contributed by atoms with van der Waals surface area (Å²) in [6.07, 6.45) is -2.45. The molecule has 0 fully saturated rings. The van der Waals surface area contributed by atoms with Crippen LogP contribution in [-0.2, 0) is 9.59 Å². The van der Waals surface area contributed by atoms with E-state index in [1.807, 2.05) is 0 Å². The van der Waals surface area contributed by atoms with Crippen LogP contribution in [0.15, 0.2) is 4.99 Å². The number of nitrogens with two attached hydrogens (primary N) is 2. The minimum atomic E-state index is -1.14. The summed E-state index contributed by atoms with van der Waals surface area (Å²) in [5, 5.41) is 20.1. The van der Waals surface area contributed by atoms with Crippen molar-refractivity contribution in [1.29, 1.82) is 0 Å². The number of carbonyl (C=O) groups excluding carboxylic acids is 1. The van der Waals surface area contributed by atoms with Gasteiger partial charge in [-0.2, -0.15) is 0 Å². The normalized spacial score (nSPS) is 13.6. The lowest BCUT2D eigenvalue weighted by Gasteiger charge is -2.16. The van der Waals surface area contributed by atoms with Gasteiger partial charge in [-0.25, -0.2) is 4.99 Å². The monoisotopic (exact) mass is 232 g/mol. The van der Waals surface area contributed by atoms with Crippen molar-refractivity contribution in [3.8, 4) is 0 Å². The van der Waals surface area contributed by atoms with Crippen molar-refractivity contribution in [3.63, 3.8) is 0 Å². The fraction of sp³-hybridized carbons (Fsp3) is 0.625. The molecular formula is C8H16N4O4. The highest BCUT2D eigenvalue weighted by atomic mass is 16.4. The van der Waals surface area contributed by atoms with Gasteiger partial charge in [0.2, 0.25) is 5.91 Å². The third-order valence-corrected chi connectivity index (χ3v) is 1.58. The molecule has 1 amide bonds. The van der Waals surface area contributed by atoms with Gasteiger partial charge in [-0.15, -0.1) is 0 Å². The minimum absolute atomic E-state index is 0.0657. The van der Waals surface area contributed by atoms with E-state index < -0.39 is 24.7 Å². The van der Waals surface area contributed by atoms with E-state index >= 15 is 0 Å². The zero-order chi connectivity index (χ0) is 12.7. The Morgan fingerprint density at radius 2 is 2.00 bits per heavy atom. The van der Waals surface area contributed by atoms with Gasteiger partial charge in [-0.1, -0.05) is 0 Å². The summed E-state index contributed by atoms with van der Waals surface area (Å²) < 4.78 is 0. The molecule has 0 heterocycles. The van der Waals surface area contributed by atoms with Crippen LogP contribution in [0.4, 0.5) is 0 Å². The molecule has 0 aromatic carbocycles. The number of hydrogen-bond acceptors (Lipinski definition) is 4. The van der Waals surface area contributed by atoms with Crippen molar-refractivity contribution in [2.24, 2.45) is 16.5 Å². The topological polar surface area (TPSA) is 151 Å². The number of hydrogen-bond donors (Lipinski definition) is 5. The molecule has 0 rings (SSSR count). The van der Waals surface area contributed by atoms with Crippen LogP contribution in [0.5, 0.6) is 0 Å². The lowest BCUT2D eigenvalue weighted by atomic mass is 10.1. The van der Waals surface area contributed by atoms with Gasteiger partial charge in [0.15, 0.2) is 5.96 Å². The Morgan fingerprint density at radius 1 is 1.44 bits per heavy atom. The Balaban J connectivity index is 4.36. The van der Waals surface area contributed by atoms with Gasteiger partial charge < -0.3 is 27.0 Å². The van der Waals surface area contributed by atoms with Gasteiger partial charge >= 0.3 is 5.97 Å². The lowest BCUT2D eigenvalue weighted by Crippen LogP contribution is -2.38. The molecule has 0 radical (unpaired) electrons. The number of aliphatic hydroxyl groups is 1. The fourth-order valence-corrected chi connectivity index (χ4v) is 1.10. The second-order valence-corrected chi connectivity index (χ2v) is 3.26. The van der Waals surface area contributed by atoms with Crippen LogP contribution in [0.1, 0.15) is 19.8 Å². The number of nitrogens with one attached hydrogen (secondary N) is 1. The summed E-state index contributed by atoms with van der Waals surface area (Å²) in [5.41, 5.74) is 10.2. The third-order valence-electron chi connectivity index (χ3n) is 1.58. The maximum atomic E-state index is 10.8. The molecule has 0 aromatic rings. The van der Waals surface area contributed by atoms with Gasteiger partial charge in [-0.3, -0.25) is 9.59 Å². The second kappa shape index (κ2) is 6.62. The van der Waals surface area contributed by atoms with E-state index in [1.165, 1.54) is 6.92 Å². The number of aliphatic imine (C=N–C) groups is 1. The molecule has 8 heteroatoms. The summed E-state index contributed by atoms with van der Waals surface area (Å²) in [4.78, 5) is 24.7. The lowest BCUT2D eigenvalue weighted by molar-refractivity contribution is -0.139. The Kier molecular flexibility index (Phi) is 5.86. The van der Waals surface area contributed by atoms with Crippen LogP contribution in [-0.4, -0.2) is 40.3 Å². The van der Waals surface area contributed by atoms with Crippen molar-refractivity contribution in [2.75, 3.05) is 0 Å². The molecule has 0 aliphatic carbocycles. The highest BCUT2D eigenvalue weighted by Crippen LogP contribution is 2.04. The van der Waals surface area contributed by atoms with E-state index in [4.69, 9.17) is 16.6 Å². The molecular weight excluding hydrogens is 216 g/mol. The number of aliphatic hydroxyl groups excluding tert-OH is 1. The van der Waals surface area contributed by atoms with Gasteiger partial charge in [0.05, 0.1) is 12.5 Å². The Labute approximate surface area is 92.3 Å². The number of guanidine groups is 1. The molecule has 0 aromatic heterocycles. The second-order valence-electron chi connectivity index (χ2n) is 3.26. The molecule has 16 heavy (non-hydrogen) atoms. The standard InChI is InChI=1S/C8H16N4O4/c1-4(13)11-6(12-8(9)10)2-5(14)3-7(15)16/h5-6,14H,2-3H2,1H3,(H,11,13)(H,15,16)(H4,9,10,12). The predicted octanol–water partition coefficient (Wildman–Crippen LogP) is -2.05. The van der Waals surface area contributed by atoms with E-state index in [0.29, 0.717) is 0 Å². The Bertz CT molecular complexity index is 288. The summed E-state index contributed by atoms with van der Waals surface area (Å²) in [7, 11) is 0. The molecule has 0 bridgehead atoms. The van der Waals surface area contributed by atoms with Crippen LogP contribution < -0.4 is 16.8 Å². The average molecular weight is 232 g/mol. The molecule has 0 aliphatic heterocycles. The first kappa shape index (κ1) is 14.2. The van der Waals surface area contributed by atoms with Crippen molar-refractivity contribution >= 4 is 17.8 Å². The third kappa shape index (κ3) is 7.56. The predicted molar refractivity (Wildman–Crippen MR) is 56.3 cm³/mol. The molecule has 2 atom stereocenters. The van der Waals surface area contributed by atoms with Gasteiger partial charge in [-0.05, 0) is 0 Å². The van der Waals surface area contributed by atoms with Crippen molar-refractivity contribution in [2.45, 2.75) is 32.0 Å². The van der Waals surface area contributed by atoms with Gasteiger partial charge in [0.25, 0.3) is 0 Å². The zero-order valence-electron chi connectivity index (χ0n) is 8.88. The van der Waals surface area contributed by atoms with Crippen LogP contribution in [0, 0.1) is 0 Å². The van der Waals surface area contributed by atoms with Gasteiger partial charge in [0.1, 0.15) is 6.17 Å². The highest BCUT2D eigenvalue weighted by molar-refractivity contribution is 5.77. The summed E-state index contributed by atoms with van der Waals surface area (Å²) >= 11 is 0. The number of carbonyl (C=O) groups is 2. The molecule has 7 N–H and O–H groups in total. The maximum absolute atomic E-state index is 10.8. The van der Waals surface area contributed by atoms with Crippen molar-refractivity contribution < 1.29 is 19.8 Å². The summed E-state index contributed by atoms with van der Waals surface area (Å²) in [5.74, 6) is -1.77. The van der Waals surface area contributed by atoms with Crippen LogP contribution in [0.2, 0.25) is 0 Å². The molecule has 8 nitrogen and oxygen atoms in total. The van der Waals surface area contributed by atoms with Crippen LogP contribution in [0.3, 0.4) is 0 Å². The van der Waals surface area contributed by atoms with E-state index in [1.54, 1.807) is 0 Å². The summed E-state index contributed by atoms with van der Waals surface area (Å²) in [6.45, 7) is 1.26. The van der Waals surface area contributed by atoms with Crippen molar-refractivity contribution in [1.82, 2.24) is 5.32 Å². The number of amides is 1. The number of nitrogens with zero attached hydrogens (tertiary/aromatic N) is 1. The smallest absolute Gasteiger partial charge is 0.305 e. The quantitative estimate of drug-likeness (QED) is 0.262. The molecule has 0 aliphatic rings. The molecule has 2 unspecified atom stereocenters. The highest BCUT2D eigenvalue weighted by Gasteiger charge is 2.17. The molecule has 0 spiro atoms.